The van der Waals surface area contributed by atoms with E-state index in [-0.39, 0.29) is 17.7 Å². The molecule has 210 valence electrons. The van der Waals surface area contributed by atoms with E-state index in [9.17, 15) is 23.6 Å². The van der Waals surface area contributed by atoms with E-state index in [2.05, 4.69) is 10.3 Å². The summed E-state index contributed by atoms with van der Waals surface area (Å²) in [7, 11) is 0. The molecule has 40 heavy (non-hydrogen) atoms. The highest BCUT2D eigenvalue weighted by Crippen LogP contribution is 2.34. The molecule has 1 aliphatic rings. The van der Waals surface area contributed by atoms with Gasteiger partial charge in [-0.2, -0.15) is 4.98 Å². The Morgan fingerprint density at radius 3 is 2.12 bits per heavy atom. The number of halogens is 1. The summed E-state index contributed by atoms with van der Waals surface area (Å²) in [5.41, 5.74) is -0.567. The molecule has 0 bridgehead atoms. The summed E-state index contributed by atoms with van der Waals surface area (Å²) < 4.78 is 37.9. The Labute approximate surface area is 228 Å². The van der Waals surface area contributed by atoms with E-state index in [4.69, 9.17) is 18.9 Å². The fourth-order valence-electron chi connectivity index (χ4n) is 4.01. The van der Waals surface area contributed by atoms with Crippen LogP contribution in [0.25, 0.3) is 0 Å². The van der Waals surface area contributed by atoms with Gasteiger partial charge in [0.2, 0.25) is 0 Å². The Morgan fingerprint density at radius 2 is 1.55 bits per heavy atom. The minimum Gasteiger partial charge on any atom is -0.452 e. The zero-order chi connectivity index (χ0) is 28.6. The highest BCUT2D eigenvalue weighted by molar-refractivity contribution is 5.90. The highest BCUT2D eigenvalue weighted by atomic mass is 19.1. The quantitative estimate of drug-likeness (QED) is 0.236. The molecule has 12 heteroatoms. The molecule has 3 aromatic rings. The van der Waals surface area contributed by atoms with Crippen molar-refractivity contribution in [3.05, 3.63) is 94.3 Å². The monoisotopic (exact) mass is 553 g/mol. The van der Waals surface area contributed by atoms with Gasteiger partial charge < -0.3 is 18.9 Å². The van der Waals surface area contributed by atoms with Gasteiger partial charge in [-0.1, -0.05) is 49.7 Å². The van der Waals surface area contributed by atoms with Crippen molar-refractivity contribution in [2.45, 2.75) is 51.2 Å². The van der Waals surface area contributed by atoms with Crippen molar-refractivity contribution < 1.29 is 37.7 Å². The summed E-state index contributed by atoms with van der Waals surface area (Å²) in [6.45, 7) is 3.58. The van der Waals surface area contributed by atoms with E-state index in [0.29, 0.717) is 6.42 Å². The van der Waals surface area contributed by atoms with E-state index < -0.39 is 59.9 Å². The first-order valence-electron chi connectivity index (χ1n) is 12.7. The largest absolute Gasteiger partial charge is 0.452 e. The van der Waals surface area contributed by atoms with Gasteiger partial charge >= 0.3 is 23.7 Å². The number of hydrogen-bond donors (Lipinski definition) is 1. The molecule has 0 aliphatic carbocycles. The summed E-state index contributed by atoms with van der Waals surface area (Å²) in [5.74, 6) is -3.19. The second-order valence-electron chi connectivity index (χ2n) is 8.95. The second kappa shape index (κ2) is 13.0. The van der Waals surface area contributed by atoms with Crippen LogP contribution in [0.15, 0.2) is 71.7 Å². The fraction of sp³-hybridized carbons (Fsp3) is 0.321. The lowest BCUT2D eigenvalue weighted by Crippen LogP contribution is -2.41. The number of unbranched alkanes of at least 4 members (excludes halogenated alkanes) is 1. The first-order chi connectivity index (χ1) is 19.3. The number of amides is 1. The van der Waals surface area contributed by atoms with E-state index in [1.165, 1.54) is 12.1 Å². The molecule has 0 unspecified atom stereocenters. The summed E-state index contributed by atoms with van der Waals surface area (Å²) in [4.78, 5) is 54.3. The van der Waals surface area contributed by atoms with Gasteiger partial charge in [0, 0.05) is 0 Å². The van der Waals surface area contributed by atoms with Crippen LogP contribution in [0.3, 0.4) is 0 Å². The summed E-state index contributed by atoms with van der Waals surface area (Å²) >= 11 is 0. The van der Waals surface area contributed by atoms with Crippen molar-refractivity contribution in [3.8, 4) is 0 Å². The predicted molar refractivity (Wildman–Crippen MR) is 139 cm³/mol. The topological polar surface area (TPSA) is 135 Å². The molecule has 1 N–H and O–H groups in total. The Bertz CT molecular complexity index is 1400. The third kappa shape index (κ3) is 6.70. The zero-order valence-electron chi connectivity index (χ0n) is 21.8. The van der Waals surface area contributed by atoms with Crippen molar-refractivity contribution in [2.75, 3.05) is 11.9 Å². The van der Waals surface area contributed by atoms with Crippen LogP contribution in [0.1, 0.15) is 53.6 Å². The molecule has 0 radical (unpaired) electrons. The van der Waals surface area contributed by atoms with Crippen molar-refractivity contribution in [2.24, 2.45) is 0 Å². The first-order valence-corrected chi connectivity index (χ1v) is 12.7. The minimum atomic E-state index is -1.41. The number of aromatic nitrogens is 2. The molecule has 1 aromatic heterocycles. The van der Waals surface area contributed by atoms with Gasteiger partial charge in [0.15, 0.2) is 30.1 Å². The number of benzene rings is 2. The molecule has 1 aliphatic heterocycles. The number of nitrogens with zero attached hydrogens (tertiary/aromatic N) is 2. The van der Waals surface area contributed by atoms with Crippen LogP contribution in [0.2, 0.25) is 0 Å². The number of nitrogens with one attached hydrogen (secondary N) is 1. The lowest BCUT2D eigenvalue weighted by molar-refractivity contribution is -0.0513. The molecule has 0 saturated carbocycles. The van der Waals surface area contributed by atoms with E-state index in [1.807, 2.05) is 6.92 Å². The van der Waals surface area contributed by atoms with Gasteiger partial charge in [-0.25, -0.2) is 23.6 Å². The Morgan fingerprint density at radius 1 is 0.975 bits per heavy atom. The van der Waals surface area contributed by atoms with Crippen molar-refractivity contribution in [1.82, 2.24) is 9.55 Å². The number of carbonyl (C=O) groups is 3. The molecule has 0 spiro atoms. The van der Waals surface area contributed by atoms with Gasteiger partial charge in [-0.15, -0.1) is 0 Å². The Kier molecular flexibility index (Phi) is 9.23. The van der Waals surface area contributed by atoms with Gasteiger partial charge in [0.25, 0.3) is 0 Å². The molecular weight excluding hydrogens is 525 g/mol. The lowest BCUT2D eigenvalue weighted by Gasteiger charge is -2.24. The lowest BCUT2D eigenvalue weighted by atomic mass is 10.1. The predicted octanol–water partition coefficient (Wildman–Crippen LogP) is 4.10. The number of anilines is 1. The van der Waals surface area contributed by atoms with Gasteiger partial charge in [-0.05, 0) is 37.6 Å². The second-order valence-corrected chi connectivity index (χ2v) is 8.95. The number of carbonyl (C=O) groups excluding carboxylic acids is 3. The molecule has 1 saturated heterocycles. The van der Waals surface area contributed by atoms with Crippen LogP contribution >= 0.6 is 0 Å². The fourth-order valence-corrected chi connectivity index (χ4v) is 4.01. The maximum atomic E-state index is 15.0. The van der Waals surface area contributed by atoms with Gasteiger partial charge in [0.05, 0.1) is 30.0 Å². The molecule has 4 atom stereocenters. The average molecular weight is 554 g/mol. The molecule has 1 fully saturated rings. The summed E-state index contributed by atoms with van der Waals surface area (Å²) in [5, 5.41) is 2.10. The third-order valence-corrected chi connectivity index (χ3v) is 6.06. The van der Waals surface area contributed by atoms with Crippen LogP contribution in [0.5, 0.6) is 0 Å². The molecular formula is C28H28FN3O8. The van der Waals surface area contributed by atoms with Crippen LogP contribution < -0.4 is 11.0 Å². The SMILES string of the molecule is CCCCOC(=O)Nc1nc(=O)n([C@@H]2O[C@H](C)[C@@H](OC(=O)c3ccccc3)[C@H]2OC(=O)c2ccccc2)cc1F. The minimum absolute atomic E-state index is 0.117. The van der Waals surface area contributed by atoms with Crippen LogP contribution in [-0.4, -0.2) is 52.5 Å². The zero-order valence-corrected chi connectivity index (χ0v) is 21.8. The maximum absolute atomic E-state index is 15.0. The van der Waals surface area contributed by atoms with E-state index in [1.54, 1.807) is 55.5 Å². The van der Waals surface area contributed by atoms with Gasteiger partial charge in [-0.3, -0.25) is 9.88 Å². The molecule has 4 rings (SSSR count). The average Bonchev–Trinajstić information content (AvgIpc) is 3.25. The van der Waals surface area contributed by atoms with Crippen molar-refractivity contribution >= 4 is 23.8 Å². The number of rotatable bonds is 9. The normalized spacial score (nSPS) is 20.0. The molecule has 2 aromatic carbocycles. The van der Waals surface area contributed by atoms with Crippen molar-refractivity contribution in [1.29, 1.82) is 0 Å². The first kappa shape index (κ1) is 28.4. The van der Waals surface area contributed by atoms with Crippen LogP contribution in [0, 0.1) is 5.82 Å². The number of ether oxygens (including phenoxy) is 4. The third-order valence-electron chi connectivity index (χ3n) is 6.06. The molecule has 2 heterocycles. The Hall–Kier alpha value is -4.58. The van der Waals surface area contributed by atoms with E-state index in [0.717, 1.165) is 17.2 Å². The smallest absolute Gasteiger partial charge is 0.412 e. The number of esters is 2. The van der Waals surface area contributed by atoms with Crippen LogP contribution in [-0.2, 0) is 18.9 Å². The summed E-state index contributed by atoms with van der Waals surface area (Å²) in [6.07, 6.45) is -3.60. The van der Waals surface area contributed by atoms with Gasteiger partial charge in [0.1, 0.15) is 0 Å². The van der Waals surface area contributed by atoms with Crippen molar-refractivity contribution in [3.63, 3.8) is 0 Å². The summed E-state index contributed by atoms with van der Waals surface area (Å²) in [6, 6.07) is 16.2. The highest BCUT2D eigenvalue weighted by Gasteiger charge is 2.49. The number of hydrogen-bond acceptors (Lipinski definition) is 9. The molecule has 1 amide bonds. The molecule has 11 nitrogen and oxygen atoms in total. The standard InChI is InChI=1S/C28H28FN3O8/c1-3-4-15-37-28(36)31-23-20(29)16-32(27(35)30-23)24-22(40-26(34)19-13-9-6-10-14-19)21(17(2)38-24)39-25(33)18-11-7-5-8-12-18/h5-14,16-17,21-22,24H,3-4,15H2,1-2H3,(H,30,31,35,36)/t17-,21-,22-,24-/m1/s1. The Balaban J connectivity index is 1.62. The van der Waals surface area contributed by atoms with Crippen LogP contribution in [0.4, 0.5) is 15.0 Å². The maximum Gasteiger partial charge on any atom is 0.412 e. The van der Waals surface area contributed by atoms with E-state index >= 15 is 0 Å².